The van der Waals surface area contributed by atoms with Crippen molar-refractivity contribution in [3.8, 4) is 11.1 Å². The van der Waals surface area contributed by atoms with Crippen LogP contribution in [0.1, 0.15) is 50.7 Å². The molecule has 1 atom stereocenters. The minimum Gasteiger partial charge on any atom is -0.481 e. The Morgan fingerprint density at radius 1 is 0.639 bits per heavy atom. The van der Waals surface area contributed by atoms with Crippen LogP contribution >= 0.6 is 0 Å². The van der Waals surface area contributed by atoms with Crippen molar-refractivity contribution in [1.29, 1.82) is 0 Å². The lowest BCUT2D eigenvalue weighted by Crippen LogP contribution is -2.11. The van der Waals surface area contributed by atoms with Crippen LogP contribution in [0.2, 0.25) is 0 Å². The molecule has 0 bridgehead atoms. The summed E-state index contributed by atoms with van der Waals surface area (Å²) in [4.78, 5) is 10.4. The number of carboxylic acids is 1. The molecule has 2 heteroatoms. The third kappa shape index (κ3) is 11.5. The summed E-state index contributed by atoms with van der Waals surface area (Å²) in [6.45, 7) is 4.00. The van der Waals surface area contributed by atoms with Crippen LogP contribution in [-0.4, -0.2) is 11.1 Å². The van der Waals surface area contributed by atoms with E-state index < -0.39 is 5.97 Å². The van der Waals surface area contributed by atoms with E-state index in [1.54, 1.807) is 0 Å². The van der Waals surface area contributed by atoms with E-state index in [-0.39, 0.29) is 5.92 Å². The van der Waals surface area contributed by atoms with E-state index in [1.807, 2.05) is 55.5 Å². The zero-order chi connectivity index (χ0) is 25.8. The molecule has 4 aromatic carbocycles. The predicted octanol–water partition coefficient (Wildman–Crippen LogP) is 9.50. The highest BCUT2D eigenvalue weighted by Gasteiger charge is 2.12. The predicted molar refractivity (Wildman–Crippen MR) is 155 cm³/mol. The van der Waals surface area contributed by atoms with Gasteiger partial charge in [0, 0.05) is 0 Å². The van der Waals surface area contributed by atoms with Gasteiger partial charge in [0.05, 0.1) is 5.92 Å². The lowest BCUT2D eigenvalue weighted by Gasteiger charge is -2.06. The number of carboxylic acid groups (broad SMARTS) is 1. The number of benzene rings is 4. The minimum absolute atomic E-state index is 0.111. The second-order valence-electron chi connectivity index (χ2n) is 8.47. The van der Waals surface area contributed by atoms with Crippen LogP contribution in [-0.2, 0) is 4.79 Å². The first-order chi connectivity index (χ1) is 17.6. The van der Waals surface area contributed by atoms with Crippen molar-refractivity contribution < 1.29 is 9.90 Å². The summed E-state index contributed by atoms with van der Waals surface area (Å²) in [6.07, 6.45) is 7.96. The Bertz CT molecular complexity index is 1030. The van der Waals surface area contributed by atoms with Crippen LogP contribution in [0.15, 0.2) is 121 Å². The highest BCUT2D eigenvalue weighted by Crippen LogP contribution is 2.17. The quantitative estimate of drug-likeness (QED) is 0.256. The minimum atomic E-state index is -0.643. The van der Waals surface area contributed by atoms with Crippen molar-refractivity contribution in [2.45, 2.75) is 39.5 Å². The monoisotopic (exact) mass is 478 g/mol. The summed E-state index contributed by atoms with van der Waals surface area (Å²) in [5.41, 5.74) is 5.02. The van der Waals surface area contributed by atoms with Gasteiger partial charge >= 0.3 is 5.97 Å². The fourth-order valence-electron chi connectivity index (χ4n) is 3.53. The SMILES string of the molecule is C(=Cc1ccccc1)c1ccccc1.CCCCC(CC)C(=O)O.c1ccc(-c2ccccc2)cc1. The molecule has 0 radical (unpaired) electrons. The first-order valence-electron chi connectivity index (χ1n) is 12.8. The molecule has 0 spiro atoms. The summed E-state index contributed by atoms with van der Waals surface area (Å²) >= 11 is 0. The van der Waals surface area contributed by atoms with Gasteiger partial charge in [-0.05, 0) is 35.1 Å². The number of hydrogen-bond acceptors (Lipinski definition) is 1. The van der Waals surface area contributed by atoms with Gasteiger partial charge in [-0.2, -0.15) is 0 Å². The molecule has 0 aliphatic heterocycles. The molecule has 0 fully saturated rings. The maximum Gasteiger partial charge on any atom is 0.306 e. The fourth-order valence-corrected chi connectivity index (χ4v) is 3.53. The molecule has 4 rings (SSSR count). The molecule has 0 heterocycles. The number of aliphatic carboxylic acids is 1. The molecule has 0 aromatic heterocycles. The van der Waals surface area contributed by atoms with Gasteiger partial charge in [-0.1, -0.05) is 160 Å². The Balaban J connectivity index is 0.000000194. The van der Waals surface area contributed by atoms with Gasteiger partial charge in [0.2, 0.25) is 0 Å². The van der Waals surface area contributed by atoms with Gasteiger partial charge in [-0.25, -0.2) is 0 Å². The van der Waals surface area contributed by atoms with Gasteiger partial charge in [0.1, 0.15) is 0 Å². The van der Waals surface area contributed by atoms with Crippen LogP contribution in [0.25, 0.3) is 23.3 Å². The zero-order valence-corrected chi connectivity index (χ0v) is 21.5. The molecule has 1 N–H and O–H groups in total. The normalized spacial score (nSPS) is 10.9. The number of carbonyl (C=O) groups is 1. The van der Waals surface area contributed by atoms with E-state index in [4.69, 9.17) is 5.11 Å². The van der Waals surface area contributed by atoms with Crippen LogP contribution in [0.3, 0.4) is 0 Å². The van der Waals surface area contributed by atoms with Crippen molar-refractivity contribution >= 4 is 18.1 Å². The summed E-state index contributed by atoms with van der Waals surface area (Å²) in [6, 6.07) is 41.4. The molecule has 2 nitrogen and oxygen atoms in total. The molecular weight excluding hydrogens is 440 g/mol. The topological polar surface area (TPSA) is 37.3 Å². The Morgan fingerprint density at radius 3 is 1.31 bits per heavy atom. The van der Waals surface area contributed by atoms with Crippen molar-refractivity contribution in [1.82, 2.24) is 0 Å². The maximum atomic E-state index is 10.4. The molecule has 0 saturated carbocycles. The van der Waals surface area contributed by atoms with E-state index in [2.05, 4.69) is 91.9 Å². The fraction of sp³-hybridized carbons (Fsp3) is 0.206. The molecule has 4 aromatic rings. The first-order valence-corrected chi connectivity index (χ1v) is 12.8. The Labute approximate surface area is 217 Å². The second-order valence-corrected chi connectivity index (χ2v) is 8.47. The smallest absolute Gasteiger partial charge is 0.306 e. The number of rotatable bonds is 8. The Morgan fingerprint density at radius 2 is 1.00 bits per heavy atom. The van der Waals surface area contributed by atoms with E-state index >= 15 is 0 Å². The average molecular weight is 479 g/mol. The molecule has 0 aliphatic rings. The number of unbranched alkanes of at least 4 members (excludes halogenated alkanes) is 1. The summed E-state index contributed by atoms with van der Waals surface area (Å²) in [5, 5.41) is 8.60. The van der Waals surface area contributed by atoms with Gasteiger partial charge in [0.15, 0.2) is 0 Å². The number of hydrogen-bond donors (Lipinski definition) is 1. The molecule has 186 valence electrons. The van der Waals surface area contributed by atoms with Crippen molar-refractivity contribution in [3.63, 3.8) is 0 Å². The van der Waals surface area contributed by atoms with Crippen molar-refractivity contribution in [3.05, 3.63) is 132 Å². The van der Waals surface area contributed by atoms with Crippen LogP contribution in [0.4, 0.5) is 0 Å². The van der Waals surface area contributed by atoms with Gasteiger partial charge < -0.3 is 5.11 Å². The largest absolute Gasteiger partial charge is 0.481 e. The van der Waals surface area contributed by atoms with E-state index in [0.717, 1.165) is 25.7 Å². The third-order valence-corrected chi connectivity index (χ3v) is 5.70. The first kappa shape index (κ1) is 28.3. The summed E-state index contributed by atoms with van der Waals surface area (Å²) < 4.78 is 0. The molecule has 0 saturated heterocycles. The van der Waals surface area contributed by atoms with Crippen molar-refractivity contribution in [2.24, 2.45) is 5.92 Å². The molecule has 0 amide bonds. The Kier molecular flexibility index (Phi) is 13.8. The average Bonchev–Trinajstić information content (AvgIpc) is 2.95. The van der Waals surface area contributed by atoms with Crippen LogP contribution in [0, 0.1) is 5.92 Å². The van der Waals surface area contributed by atoms with Crippen molar-refractivity contribution in [2.75, 3.05) is 0 Å². The second kappa shape index (κ2) is 17.5. The highest BCUT2D eigenvalue weighted by atomic mass is 16.4. The van der Waals surface area contributed by atoms with Gasteiger partial charge in [-0.15, -0.1) is 0 Å². The molecule has 0 aliphatic carbocycles. The zero-order valence-electron chi connectivity index (χ0n) is 21.5. The summed E-state index contributed by atoms with van der Waals surface area (Å²) in [7, 11) is 0. The lowest BCUT2D eigenvalue weighted by atomic mass is 10.00. The van der Waals surface area contributed by atoms with E-state index in [1.165, 1.54) is 22.3 Å². The molecule has 36 heavy (non-hydrogen) atoms. The molecule has 1 unspecified atom stereocenters. The van der Waals surface area contributed by atoms with E-state index in [0.29, 0.717) is 0 Å². The van der Waals surface area contributed by atoms with Gasteiger partial charge in [-0.3, -0.25) is 4.79 Å². The standard InChI is InChI=1S/C14H12.C12H10.C8H16O2/c1-3-7-13(8-4-1)11-12-14-9-5-2-6-10-14;1-3-7-11(8-4-1)12-9-5-2-6-10-12;1-3-5-6-7(4-2)8(9)10/h1-12H;1-10H;7H,3-6H2,1-2H3,(H,9,10). The molecular formula is C34H38O2. The highest BCUT2D eigenvalue weighted by molar-refractivity contribution is 5.70. The van der Waals surface area contributed by atoms with E-state index in [9.17, 15) is 4.79 Å². The lowest BCUT2D eigenvalue weighted by molar-refractivity contribution is -0.142. The summed E-state index contributed by atoms with van der Waals surface area (Å²) in [5.74, 6) is -0.754. The third-order valence-electron chi connectivity index (χ3n) is 5.70. The maximum absolute atomic E-state index is 10.4. The van der Waals surface area contributed by atoms with Crippen LogP contribution < -0.4 is 0 Å². The Hall–Kier alpha value is -3.91. The van der Waals surface area contributed by atoms with Crippen LogP contribution in [0.5, 0.6) is 0 Å². The van der Waals surface area contributed by atoms with Gasteiger partial charge in [0.25, 0.3) is 0 Å².